The van der Waals surface area contributed by atoms with Crippen LogP contribution in [0.1, 0.15) is 19.8 Å². The molecule has 0 rings (SSSR count). The second-order valence-corrected chi connectivity index (χ2v) is 4.96. The van der Waals surface area contributed by atoms with Crippen LogP contribution in [0.15, 0.2) is 12.2 Å². The first-order chi connectivity index (χ1) is 10.2. The van der Waals surface area contributed by atoms with Crippen molar-refractivity contribution in [2.45, 2.75) is 55.6 Å². The fraction of sp³-hybridized carbons (Fsp3) is 0.818. The molecule has 0 aliphatic heterocycles. The van der Waals surface area contributed by atoms with Crippen molar-refractivity contribution in [1.29, 1.82) is 0 Å². The van der Waals surface area contributed by atoms with E-state index in [1.165, 1.54) is 0 Å². The quantitative estimate of drug-likeness (QED) is 0.366. The molecule has 0 bridgehead atoms. The number of hydrogen-bond acceptors (Lipinski definition) is 0. The molecule has 0 aromatic heterocycles. The van der Waals surface area contributed by atoms with Crippen molar-refractivity contribution in [2.24, 2.45) is 0 Å². The maximum Gasteiger partial charge on any atom is 0.460 e. The van der Waals surface area contributed by atoms with Crippen LogP contribution in [0.5, 0.6) is 0 Å². The summed E-state index contributed by atoms with van der Waals surface area (Å²) in [5.41, 5.74) is -0.277. The standard InChI is InChI=1S/C11H9F13/c1-5(2)3-4-6(12,13)7(14,15)8(16,17)9(18,19)10(20,21)11(22,23)24/h1,3-4H2,2H3. The molecule has 24 heavy (non-hydrogen) atoms. The average Bonchev–Trinajstić information content (AvgIpc) is 2.34. The Balaban J connectivity index is 6.05. The van der Waals surface area contributed by atoms with Gasteiger partial charge in [0.05, 0.1) is 0 Å². The Bertz CT molecular complexity index is 471. The molecule has 144 valence electrons. The van der Waals surface area contributed by atoms with Gasteiger partial charge in [-0.3, -0.25) is 0 Å². The van der Waals surface area contributed by atoms with E-state index in [0.717, 1.165) is 6.92 Å². The molecule has 0 nitrogen and oxygen atoms in total. The smallest absolute Gasteiger partial charge is 0.200 e. The van der Waals surface area contributed by atoms with Gasteiger partial charge in [0.25, 0.3) is 0 Å². The molecular weight excluding hydrogens is 379 g/mol. The monoisotopic (exact) mass is 388 g/mol. The lowest BCUT2D eigenvalue weighted by Gasteiger charge is -2.39. The van der Waals surface area contributed by atoms with E-state index in [9.17, 15) is 57.1 Å². The maximum atomic E-state index is 13.1. The molecule has 0 saturated heterocycles. The fourth-order valence-corrected chi connectivity index (χ4v) is 1.33. The Morgan fingerprint density at radius 1 is 0.625 bits per heavy atom. The van der Waals surface area contributed by atoms with E-state index >= 15 is 0 Å². The SMILES string of the molecule is C=C(C)CCC(F)(F)C(F)(F)C(F)(F)C(F)(F)C(F)(F)C(F)(F)F. The van der Waals surface area contributed by atoms with Crippen molar-refractivity contribution in [2.75, 3.05) is 0 Å². The van der Waals surface area contributed by atoms with Gasteiger partial charge >= 0.3 is 35.8 Å². The first-order valence-corrected chi connectivity index (χ1v) is 5.77. The van der Waals surface area contributed by atoms with E-state index in [0.29, 0.717) is 0 Å². The van der Waals surface area contributed by atoms with E-state index in [2.05, 4.69) is 6.58 Å². The molecule has 0 aromatic carbocycles. The van der Waals surface area contributed by atoms with Gasteiger partial charge in [-0.15, -0.1) is 6.58 Å². The highest BCUT2D eigenvalue weighted by Gasteiger charge is 2.90. The number of rotatable bonds is 7. The lowest BCUT2D eigenvalue weighted by atomic mass is 9.91. The van der Waals surface area contributed by atoms with E-state index in [1.54, 1.807) is 0 Å². The molecule has 0 atom stereocenters. The third kappa shape index (κ3) is 3.30. The Morgan fingerprint density at radius 2 is 0.958 bits per heavy atom. The van der Waals surface area contributed by atoms with Gasteiger partial charge in [0, 0.05) is 6.42 Å². The summed E-state index contributed by atoms with van der Waals surface area (Å²) in [5, 5.41) is 0. The van der Waals surface area contributed by atoms with Crippen LogP contribution in [0.4, 0.5) is 57.1 Å². The molecule has 0 fully saturated rings. The van der Waals surface area contributed by atoms with E-state index in [-0.39, 0.29) is 5.57 Å². The van der Waals surface area contributed by atoms with Gasteiger partial charge in [-0.1, -0.05) is 5.57 Å². The number of hydrogen-bond donors (Lipinski definition) is 0. The highest BCUT2D eigenvalue weighted by Crippen LogP contribution is 2.60. The first-order valence-electron chi connectivity index (χ1n) is 5.77. The molecule has 0 aliphatic rings. The Kier molecular flexibility index (Phi) is 5.68. The normalized spacial score (nSPS) is 15.6. The molecule has 0 aliphatic carbocycles. The van der Waals surface area contributed by atoms with Crippen LogP contribution in [-0.2, 0) is 0 Å². The molecule has 13 heteroatoms. The summed E-state index contributed by atoms with van der Waals surface area (Å²) < 4.78 is 165. The van der Waals surface area contributed by atoms with Crippen LogP contribution in [-0.4, -0.2) is 35.8 Å². The van der Waals surface area contributed by atoms with Gasteiger partial charge in [-0.25, -0.2) is 0 Å². The molecule has 0 heterocycles. The first kappa shape index (κ1) is 22.8. The zero-order chi connectivity index (χ0) is 20.0. The van der Waals surface area contributed by atoms with E-state index in [1.807, 2.05) is 0 Å². The van der Waals surface area contributed by atoms with Crippen molar-refractivity contribution < 1.29 is 57.1 Å². The van der Waals surface area contributed by atoms with Crippen molar-refractivity contribution >= 4 is 0 Å². The predicted octanol–water partition coefficient (Wildman–Crippen LogP) is 6.08. The second kappa shape index (κ2) is 5.97. The summed E-state index contributed by atoms with van der Waals surface area (Å²) in [7, 11) is 0. The summed E-state index contributed by atoms with van der Waals surface area (Å²) in [6.07, 6.45) is -10.7. The highest BCUT2D eigenvalue weighted by molar-refractivity contribution is 5.10. The largest absolute Gasteiger partial charge is 0.460 e. The maximum absolute atomic E-state index is 13.1. The number of alkyl halides is 13. The molecule has 0 amide bonds. The highest BCUT2D eigenvalue weighted by atomic mass is 19.4. The molecule has 0 N–H and O–H groups in total. The molecule has 0 aromatic rings. The summed E-state index contributed by atoms with van der Waals surface area (Å²) >= 11 is 0. The third-order valence-corrected chi connectivity index (χ3v) is 2.86. The summed E-state index contributed by atoms with van der Waals surface area (Å²) in [5.74, 6) is -36.4. The number of allylic oxidation sites excluding steroid dienone is 1. The number of halogens is 13. The van der Waals surface area contributed by atoms with Crippen LogP contribution in [0.2, 0.25) is 0 Å². The molecule has 0 radical (unpaired) electrons. The lowest BCUT2D eigenvalue weighted by molar-refractivity contribution is -0.440. The Morgan fingerprint density at radius 3 is 1.25 bits per heavy atom. The zero-order valence-corrected chi connectivity index (χ0v) is 11.5. The van der Waals surface area contributed by atoms with Crippen molar-refractivity contribution in [3.05, 3.63) is 12.2 Å². The lowest BCUT2D eigenvalue weighted by Crippen LogP contribution is -2.70. The molecule has 0 spiro atoms. The Labute approximate surface area is 126 Å². The summed E-state index contributed by atoms with van der Waals surface area (Å²) in [4.78, 5) is 0. The minimum absolute atomic E-state index is 0.277. The van der Waals surface area contributed by atoms with Gasteiger partial charge in [0.15, 0.2) is 0 Å². The minimum Gasteiger partial charge on any atom is -0.200 e. The van der Waals surface area contributed by atoms with E-state index < -0.39 is 48.6 Å². The van der Waals surface area contributed by atoms with Crippen LogP contribution in [0.3, 0.4) is 0 Å². The topological polar surface area (TPSA) is 0 Å². The van der Waals surface area contributed by atoms with Crippen LogP contribution >= 0.6 is 0 Å². The Hall–Kier alpha value is -1.17. The van der Waals surface area contributed by atoms with Crippen molar-refractivity contribution in [1.82, 2.24) is 0 Å². The molecular formula is C11H9F13. The van der Waals surface area contributed by atoms with E-state index in [4.69, 9.17) is 0 Å². The predicted molar refractivity (Wildman–Crippen MR) is 54.8 cm³/mol. The van der Waals surface area contributed by atoms with Gasteiger partial charge in [0.1, 0.15) is 0 Å². The zero-order valence-electron chi connectivity index (χ0n) is 11.5. The van der Waals surface area contributed by atoms with Gasteiger partial charge in [-0.05, 0) is 13.3 Å². The molecule has 0 unspecified atom stereocenters. The summed E-state index contributed by atoms with van der Waals surface area (Å²) in [6, 6.07) is 0. The van der Waals surface area contributed by atoms with Crippen LogP contribution in [0.25, 0.3) is 0 Å². The minimum atomic E-state index is -7.84. The average molecular weight is 388 g/mol. The van der Waals surface area contributed by atoms with Crippen molar-refractivity contribution in [3.8, 4) is 0 Å². The molecule has 0 saturated carbocycles. The van der Waals surface area contributed by atoms with Crippen LogP contribution in [0, 0.1) is 0 Å². The fourth-order valence-electron chi connectivity index (χ4n) is 1.33. The second-order valence-electron chi connectivity index (χ2n) is 4.96. The van der Waals surface area contributed by atoms with Gasteiger partial charge in [0.2, 0.25) is 0 Å². The van der Waals surface area contributed by atoms with Crippen LogP contribution < -0.4 is 0 Å². The van der Waals surface area contributed by atoms with Crippen molar-refractivity contribution in [3.63, 3.8) is 0 Å². The van der Waals surface area contributed by atoms with Gasteiger partial charge < -0.3 is 0 Å². The summed E-state index contributed by atoms with van der Waals surface area (Å²) in [6.45, 7) is 3.91. The van der Waals surface area contributed by atoms with Gasteiger partial charge in [-0.2, -0.15) is 57.1 Å². The third-order valence-electron chi connectivity index (χ3n) is 2.86.